The summed E-state index contributed by atoms with van der Waals surface area (Å²) in [7, 11) is 0. The van der Waals surface area contributed by atoms with Crippen molar-refractivity contribution >= 4 is 5.91 Å². The molecule has 0 saturated heterocycles. The maximum Gasteiger partial charge on any atom is 0.220 e. The largest absolute Gasteiger partial charge is 0.353 e. The summed E-state index contributed by atoms with van der Waals surface area (Å²) in [5.41, 5.74) is 5.48. The van der Waals surface area contributed by atoms with Gasteiger partial charge in [0.05, 0.1) is 0 Å². The molecule has 3 N–H and O–H groups in total. The fourth-order valence-corrected chi connectivity index (χ4v) is 1.29. The molecular formula is C11H24N2O. The lowest BCUT2D eigenvalue weighted by Gasteiger charge is -2.15. The van der Waals surface area contributed by atoms with Crippen LogP contribution in [0.25, 0.3) is 0 Å². The molecule has 0 aliphatic rings. The van der Waals surface area contributed by atoms with Crippen molar-refractivity contribution in [1.82, 2.24) is 5.32 Å². The van der Waals surface area contributed by atoms with Crippen LogP contribution in [0.3, 0.4) is 0 Å². The van der Waals surface area contributed by atoms with Crippen LogP contribution >= 0.6 is 0 Å². The monoisotopic (exact) mass is 200 g/mol. The van der Waals surface area contributed by atoms with E-state index in [0.29, 0.717) is 24.9 Å². The van der Waals surface area contributed by atoms with Gasteiger partial charge in [-0.1, -0.05) is 20.8 Å². The molecule has 1 atom stereocenters. The van der Waals surface area contributed by atoms with Gasteiger partial charge in [-0.2, -0.15) is 0 Å². The molecule has 0 aromatic carbocycles. The van der Waals surface area contributed by atoms with E-state index >= 15 is 0 Å². The first-order chi connectivity index (χ1) is 6.63. The molecule has 0 aliphatic heterocycles. The van der Waals surface area contributed by atoms with Crippen LogP contribution in [0.4, 0.5) is 0 Å². The number of carbonyl (C=O) groups is 1. The summed E-state index contributed by atoms with van der Waals surface area (Å²) in [6.45, 7) is 6.93. The van der Waals surface area contributed by atoms with Crippen LogP contribution in [0.5, 0.6) is 0 Å². The van der Waals surface area contributed by atoms with E-state index in [4.69, 9.17) is 5.73 Å². The molecule has 0 saturated carbocycles. The van der Waals surface area contributed by atoms with Gasteiger partial charge >= 0.3 is 0 Å². The Bertz CT molecular complexity index is 155. The summed E-state index contributed by atoms with van der Waals surface area (Å²) in [4.78, 5) is 11.4. The van der Waals surface area contributed by atoms with Crippen molar-refractivity contribution in [3.63, 3.8) is 0 Å². The van der Waals surface area contributed by atoms with E-state index in [0.717, 1.165) is 19.3 Å². The Balaban J connectivity index is 3.64. The normalized spacial score (nSPS) is 12.9. The van der Waals surface area contributed by atoms with E-state index in [1.54, 1.807) is 0 Å². The number of hydrogen-bond acceptors (Lipinski definition) is 2. The number of nitrogens with one attached hydrogen (secondary N) is 1. The topological polar surface area (TPSA) is 55.1 Å². The fraction of sp³-hybridized carbons (Fsp3) is 0.909. The average Bonchev–Trinajstić information content (AvgIpc) is 2.22. The van der Waals surface area contributed by atoms with E-state index < -0.39 is 0 Å². The third kappa shape index (κ3) is 5.97. The summed E-state index contributed by atoms with van der Waals surface area (Å²) in [5, 5.41) is 3.02. The van der Waals surface area contributed by atoms with Crippen molar-refractivity contribution in [3.05, 3.63) is 0 Å². The number of rotatable bonds is 7. The Morgan fingerprint density at radius 2 is 1.93 bits per heavy atom. The summed E-state index contributed by atoms with van der Waals surface area (Å²) < 4.78 is 0. The molecular weight excluding hydrogens is 176 g/mol. The number of nitrogens with two attached hydrogens (primary N) is 1. The van der Waals surface area contributed by atoms with Crippen molar-refractivity contribution in [3.8, 4) is 0 Å². The Kier molecular flexibility index (Phi) is 7.48. The zero-order chi connectivity index (χ0) is 11.0. The van der Waals surface area contributed by atoms with Crippen LogP contribution in [0, 0.1) is 5.92 Å². The standard InChI is InChI=1S/C11H24N2O/c1-4-10(5-2)13-11(14)7-6-9(3)8-12/h9-10H,4-8,12H2,1-3H3,(H,13,14). The highest BCUT2D eigenvalue weighted by Gasteiger charge is 2.09. The molecule has 0 fully saturated rings. The van der Waals surface area contributed by atoms with Gasteiger partial charge in [0, 0.05) is 12.5 Å². The maximum atomic E-state index is 11.4. The Morgan fingerprint density at radius 3 is 2.36 bits per heavy atom. The van der Waals surface area contributed by atoms with Crippen LogP contribution in [0.15, 0.2) is 0 Å². The third-order valence-electron chi connectivity index (χ3n) is 2.62. The molecule has 0 bridgehead atoms. The molecule has 0 radical (unpaired) electrons. The van der Waals surface area contributed by atoms with Gasteiger partial charge in [0.1, 0.15) is 0 Å². The van der Waals surface area contributed by atoms with Crippen LogP contribution < -0.4 is 11.1 Å². The maximum absolute atomic E-state index is 11.4. The summed E-state index contributed by atoms with van der Waals surface area (Å²) >= 11 is 0. The molecule has 0 spiro atoms. The second kappa shape index (κ2) is 7.80. The minimum absolute atomic E-state index is 0.166. The highest BCUT2D eigenvalue weighted by Crippen LogP contribution is 2.04. The van der Waals surface area contributed by atoms with Crippen molar-refractivity contribution in [1.29, 1.82) is 0 Å². The van der Waals surface area contributed by atoms with Gasteiger partial charge in [0.25, 0.3) is 0 Å². The van der Waals surface area contributed by atoms with E-state index in [9.17, 15) is 4.79 Å². The average molecular weight is 200 g/mol. The summed E-state index contributed by atoms with van der Waals surface area (Å²) in [5.74, 6) is 0.612. The number of hydrogen-bond donors (Lipinski definition) is 2. The smallest absolute Gasteiger partial charge is 0.220 e. The van der Waals surface area contributed by atoms with Crippen LogP contribution in [-0.4, -0.2) is 18.5 Å². The molecule has 0 rings (SSSR count). The van der Waals surface area contributed by atoms with Gasteiger partial charge in [-0.25, -0.2) is 0 Å². The minimum atomic E-state index is 0.166. The van der Waals surface area contributed by atoms with E-state index in [1.165, 1.54) is 0 Å². The predicted molar refractivity (Wildman–Crippen MR) is 60.0 cm³/mol. The molecule has 84 valence electrons. The highest BCUT2D eigenvalue weighted by molar-refractivity contribution is 5.76. The molecule has 3 heteroatoms. The van der Waals surface area contributed by atoms with Gasteiger partial charge in [-0.15, -0.1) is 0 Å². The van der Waals surface area contributed by atoms with Crippen LogP contribution in [-0.2, 0) is 4.79 Å². The zero-order valence-electron chi connectivity index (χ0n) is 9.68. The van der Waals surface area contributed by atoms with Gasteiger partial charge in [-0.05, 0) is 31.7 Å². The van der Waals surface area contributed by atoms with Crippen molar-refractivity contribution in [2.45, 2.75) is 52.5 Å². The minimum Gasteiger partial charge on any atom is -0.353 e. The second-order valence-electron chi connectivity index (χ2n) is 3.96. The van der Waals surface area contributed by atoms with Gasteiger partial charge < -0.3 is 11.1 Å². The van der Waals surface area contributed by atoms with Crippen LogP contribution in [0.2, 0.25) is 0 Å². The Labute approximate surface area is 87.4 Å². The molecule has 0 heterocycles. The lowest BCUT2D eigenvalue weighted by molar-refractivity contribution is -0.122. The summed E-state index contributed by atoms with van der Waals surface area (Å²) in [6.07, 6.45) is 3.51. The van der Waals surface area contributed by atoms with Crippen molar-refractivity contribution in [2.24, 2.45) is 11.7 Å². The Hall–Kier alpha value is -0.570. The van der Waals surface area contributed by atoms with Crippen LogP contribution in [0.1, 0.15) is 46.5 Å². The van der Waals surface area contributed by atoms with E-state index in [1.807, 2.05) is 0 Å². The lowest BCUT2D eigenvalue weighted by atomic mass is 10.1. The first kappa shape index (κ1) is 13.4. The molecule has 0 aromatic heterocycles. The number of carbonyl (C=O) groups excluding carboxylic acids is 1. The van der Waals surface area contributed by atoms with Crippen molar-refractivity contribution in [2.75, 3.05) is 6.54 Å². The van der Waals surface area contributed by atoms with Crippen molar-refractivity contribution < 1.29 is 4.79 Å². The fourth-order valence-electron chi connectivity index (χ4n) is 1.29. The molecule has 0 aromatic rings. The lowest BCUT2D eigenvalue weighted by Crippen LogP contribution is -2.34. The molecule has 1 amide bonds. The number of amides is 1. The van der Waals surface area contributed by atoms with E-state index in [-0.39, 0.29) is 5.91 Å². The molecule has 1 unspecified atom stereocenters. The highest BCUT2D eigenvalue weighted by atomic mass is 16.1. The molecule has 3 nitrogen and oxygen atoms in total. The zero-order valence-corrected chi connectivity index (χ0v) is 9.68. The van der Waals surface area contributed by atoms with Gasteiger partial charge in [-0.3, -0.25) is 4.79 Å². The van der Waals surface area contributed by atoms with Gasteiger partial charge in [0.15, 0.2) is 0 Å². The quantitative estimate of drug-likeness (QED) is 0.657. The third-order valence-corrected chi connectivity index (χ3v) is 2.62. The predicted octanol–water partition coefficient (Wildman–Crippen LogP) is 1.67. The Morgan fingerprint density at radius 1 is 1.36 bits per heavy atom. The molecule has 14 heavy (non-hydrogen) atoms. The first-order valence-corrected chi connectivity index (χ1v) is 5.63. The van der Waals surface area contributed by atoms with E-state index in [2.05, 4.69) is 26.1 Å². The SMILES string of the molecule is CCC(CC)NC(=O)CCC(C)CN. The second-order valence-corrected chi connectivity index (χ2v) is 3.96. The first-order valence-electron chi connectivity index (χ1n) is 5.63. The summed E-state index contributed by atoms with van der Waals surface area (Å²) in [6, 6.07) is 0.343. The van der Waals surface area contributed by atoms with Gasteiger partial charge in [0.2, 0.25) is 5.91 Å². The molecule has 0 aliphatic carbocycles.